The fourth-order valence-corrected chi connectivity index (χ4v) is 2.93. The zero-order chi connectivity index (χ0) is 11.5. The smallest absolute Gasteiger partial charge is 0.0353 e. The van der Waals surface area contributed by atoms with E-state index in [0.29, 0.717) is 6.04 Å². The number of nitrogens with one attached hydrogen (secondary N) is 1. The summed E-state index contributed by atoms with van der Waals surface area (Å²) in [5, 5.41) is 3.67. The van der Waals surface area contributed by atoms with Crippen LogP contribution in [0.3, 0.4) is 0 Å². The van der Waals surface area contributed by atoms with Crippen molar-refractivity contribution in [1.82, 2.24) is 0 Å². The summed E-state index contributed by atoms with van der Waals surface area (Å²) in [7, 11) is 0. The van der Waals surface area contributed by atoms with Crippen LogP contribution in [0.5, 0.6) is 0 Å². The highest BCUT2D eigenvalue weighted by Crippen LogP contribution is 2.31. The maximum Gasteiger partial charge on any atom is 0.0353 e. The average Bonchev–Trinajstić information content (AvgIpc) is 2.24. The molecular weight excluding hydrogens is 262 g/mol. The highest BCUT2D eigenvalue weighted by Gasteiger charge is 2.25. The van der Waals surface area contributed by atoms with Crippen LogP contribution >= 0.6 is 15.9 Å². The minimum Gasteiger partial charge on any atom is -0.382 e. The third-order valence-electron chi connectivity index (χ3n) is 3.63. The van der Waals surface area contributed by atoms with Crippen LogP contribution in [-0.2, 0) is 0 Å². The minimum absolute atomic E-state index is 0.637. The van der Waals surface area contributed by atoms with Gasteiger partial charge in [-0.25, -0.2) is 0 Å². The summed E-state index contributed by atoms with van der Waals surface area (Å²) >= 11 is 3.51. The Labute approximate surface area is 107 Å². The summed E-state index contributed by atoms with van der Waals surface area (Å²) in [5.41, 5.74) is 1.24. The van der Waals surface area contributed by atoms with E-state index in [-0.39, 0.29) is 0 Å². The Bertz CT molecular complexity index is 350. The monoisotopic (exact) mass is 281 g/mol. The lowest BCUT2D eigenvalue weighted by Gasteiger charge is -2.34. The molecule has 0 spiro atoms. The first-order valence-corrected chi connectivity index (χ1v) is 6.96. The van der Waals surface area contributed by atoms with Crippen LogP contribution in [0.1, 0.15) is 33.1 Å². The molecule has 0 amide bonds. The van der Waals surface area contributed by atoms with E-state index in [9.17, 15) is 0 Å². The van der Waals surface area contributed by atoms with Crippen molar-refractivity contribution in [3.8, 4) is 0 Å². The molecule has 0 bridgehead atoms. The van der Waals surface area contributed by atoms with Crippen LogP contribution in [0.25, 0.3) is 0 Å². The molecule has 16 heavy (non-hydrogen) atoms. The van der Waals surface area contributed by atoms with Gasteiger partial charge in [-0.2, -0.15) is 0 Å². The van der Waals surface area contributed by atoms with Crippen LogP contribution in [0.2, 0.25) is 0 Å². The standard InChI is InChI=1S/C14H20BrN/c1-10-6-7-11(2)14(8-10)16-13-5-3-4-12(15)9-13/h3-5,9-11,14,16H,6-8H2,1-2H3. The summed E-state index contributed by atoms with van der Waals surface area (Å²) in [4.78, 5) is 0. The van der Waals surface area contributed by atoms with Gasteiger partial charge in [-0.05, 0) is 42.9 Å². The van der Waals surface area contributed by atoms with Crippen LogP contribution in [0.15, 0.2) is 28.7 Å². The Morgan fingerprint density at radius 2 is 2.06 bits per heavy atom. The quantitative estimate of drug-likeness (QED) is 0.830. The Kier molecular flexibility index (Phi) is 3.91. The first-order chi connectivity index (χ1) is 7.65. The van der Waals surface area contributed by atoms with Gasteiger partial charge in [0.15, 0.2) is 0 Å². The molecule has 0 aromatic heterocycles. The number of rotatable bonds is 2. The summed E-state index contributed by atoms with van der Waals surface area (Å²) < 4.78 is 1.15. The lowest BCUT2D eigenvalue weighted by molar-refractivity contribution is 0.280. The maximum atomic E-state index is 3.67. The largest absolute Gasteiger partial charge is 0.382 e. The van der Waals surface area contributed by atoms with E-state index in [2.05, 4.69) is 59.4 Å². The van der Waals surface area contributed by atoms with E-state index in [1.54, 1.807) is 0 Å². The summed E-state index contributed by atoms with van der Waals surface area (Å²) in [6.45, 7) is 4.73. The van der Waals surface area contributed by atoms with Gasteiger partial charge in [0.25, 0.3) is 0 Å². The van der Waals surface area contributed by atoms with Gasteiger partial charge in [0, 0.05) is 16.2 Å². The van der Waals surface area contributed by atoms with Gasteiger partial charge >= 0.3 is 0 Å². The summed E-state index contributed by atoms with van der Waals surface area (Å²) in [5.74, 6) is 1.65. The zero-order valence-corrected chi connectivity index (χ0v) is 11.6. The SMILES string of the molecule is CC1CCC(C)C(Nc2cccc(Br)c2)C1. The second kappa shape index (κ2) is 5.22. The lowest BCUT2D eigenvalue weighted by Crippen LogP contribution is -2.33. The molecule has 0 saturated heterocycles. The Hall–Kier alpha value is -0.500. The number of anilines is 1. The van der Waals surface area contributed by atoms with Crippen molar-refractivity contribution in [1.29, 1.82) is 0 Å². The molecule has 1 nitrogen and oxygen atoms in total. The molecule has 3 atom stereocenters. The molecule has 1 aromatic carbocycles. The molecule has 1 aliphatic rings. The van der Waals surface area contributed by atoms with E-state index >= 15 is 0 Å². The van der Waals surface area contributed by atoms with Crippen LogP contribution in [-0.4, -0.2) is 6.04 Å². The van der Waals surface area contributed by atoms with E-state index in [1.165, 1.54) is 24.9 Å². The molecule has 1 fully saturated rings. The first kappa shape index (κ1) is 12.0. The second-order valence-electron chi connectivity index (χ2n) is 5.16. The van der Waals surface area contributed by atoms with E-state index < -0.39 is 0 Å². The fourth-order valence-electron chi connectivity index (χ4n) is 2.53. The topological polar surface area (TPSA) is 12.0 Å². The molecule has 2 heteroatoms. The first-order valence-electron chi connectivity index (χ1n) is 6.17. The Morgan fingerprint density at radius 3 is 2.81 bits per heavy atom. The van der Waals surface area contributed by atoms with Crippen molar-refractivity contribution in [2.75, 3.05) is 5.32 Å². The van der Waals surface area contributed by atoms with Gasteiger partial charge in [0.1, 0.15) is 0 Å². The molecule has 0 heterocycles. The average molecular weight is 282 g/mol. The van der Waals surface area contributed by atoms with Crippen LogP contribution in [0, 0.1) is 11.8 Å². The normalized spacial score (nSPS) is 30.1. The van der Waals surface area contributed by atoms with Crippen molar-refractivity contribution in [3.05, 3.63) is 28.7 Å². The van der Waals surface area contributed by atoms with Gasteiger partial charge in [0.05, 0.1) is 0 Å². The highest BCUT2D eigenvalue weighted by molar-refractivity contribution is 9.10. The number of benzene rings is 1. The van der Waals surface area contributed by atoms with Crippen molar-refractivity contribution >= 4 is 21.6 Å². The van der Waals surface area contributed by atoms with Crippen molar-refractivity contribution in [2.24, 2.45) is 11.8 Å². The van der Waals surface area contributed by atoms with Crippen LogP contribution in [0.4, 0.5) is 5.69 Å². The number of halogens is 1. The predicted molar refractivity (Wildman–Crippen MR) is 73.7 cm³/mol. The number of hydrogen-bond acceptors (Lipinski definition) is 1. The van der Waals surface area contributed by atoms with Crippen molar-refractivity contribution in [3.63, 3.8) is 0 Å². The van der Waals surface area contributed by atoms with E-state index in [1.807, 2.05) is 0 Å². The molecule has 1 N–H and O–H groups in total. The van der Waals surface area contributed by atoms with Gasteiger partial charge < -0.3 is 5.32 Å². The van der Waals surface area contributed by atoms with Gasteiger partial charge in [-0.15, -0.1) is 0 Å². The fraction of sp³-hybridized carbons (Fsp3) is 0.571. The van der Waals surface area contributed by atoms with Crippen LogP contribution < -0.4 is 5.32 Å². The van der Waals surface area contributed by atoms with Gasteiger partial charge in [0.2, 0.25) is 0 Å². The third-order valence-corrected chi connectivity index (χ3v) is 4.13. The molecule has 1 saturated carbocycles. The Morgan fingerprint density at radius 1 is 1.25 bits per heavy atom. The lowest BCUT2D eigenvalue weighted by atomic mass is 9.80. The predicted octanol–water partition coefficient (Wildman–Crippen LogP) is 4.69. The minimum atomic E-state index is 0.637. The van der Waals surface area contributed by atoms with Crippen molar-refractivity contribution < 1.29 is 0 Å². The molecule has 88 valence electrons. The van der Waals surface area contributed by atoms with E-state index in [0.717, 1.165) is 16.3 Å². The van der Waals surface area contributed by atoms with Crippen molar-refractivity contribution in [2.45, 2.75) is 39.2 Å². The molecule has 0 radical (unpaired) electrons. The summed E-state index contributed by atoms with van der Waals surface area (Å²) in [6, 6.07) is 9.10. The molecule has 3 unspecified atom stereocenters. The third kappa shape index (κ3) is 3.00. The molecule has 1 aromatic rings. The molecule has 2 rings (SSSR count). The van der Waals surface area contributed by atoms with Gasteiger partial charge in [-0.1, -0.05) is 42.3 Å². The Balaban J connectivity index is 2.02. The highest BCUT2D eigenvalue weighted by atomic mass is 79.9. The van der Waals surface area contributed by atoms with E-state index in [4.69, 9.17) is 0 Å². The molecule has 1 aliphatic carbocycles. The molecule has 0 aliphatic heterocycles. The second-order valence-corrected chi connectivity index (χ2v) is 6.07. The zero-order valence-electron chi connectivity index (χ0n) is 10.0. The maximum absolute atomic E-state index is 3.67. The summed E-state index contributed by atoms with van der Waals surface area (Å²) in [6.07, 6.45) is 4.04. The van der Waals surface area contributed by atoms with Gasteiger partial charge in [-0.3, -0.25) is 0 Å². The number of hydrogen-bond donors (Lipinski definition) is 1. The molecular formula is C14H20BrN.